The number of hydrogen-bond donors (Lipinski definition) is 1. The lowest BCUT2D eigenvalue weighted by atomic mass is 10.3. The van der Waals surface area contributed by atoms with Crippen LogP contribution in [0.15, 0.2) is 29.2 Å². The molecule has 2 fully saturated rings. The highest BCUT2D eigenvalue weighted by Gasteiger charge is 2.23. The van der Waals surface area contributed by atoms with Crippen LogP contribution in [0.1, 0.15) is 38.5 Å². The van der Waals surface area contributed by atoms with Crippen LogP contribution in [0, 0.1) is 0 Å². The molecule has 1 N–H and O–H groups in total. The lowest BCUT2D eigenvalue weighted by molar-refractivity contribution is -0.117. The molecule has 22 heavy (non-hydrogen) atoms. The van der Waals surface area contributed by atoms with Crippen molar-refractivity contribution in [3.05, 3.63) is 24.3 Å². The molecule has 0 unspecified atom stereocenters. The maximum absolute atomic E-state index is 12.2. The summed E-state index contributed by atoms with van der Waals surface area (Å²) in [5.74, 6) is 0.0818. The van der Waals surface area contributed by atoms with Crippen LogP contribution < -0.4 is 9.79 Å². The van der Waals surface area contributed by atoms with Gasteiger partial charge in [-0.1, -0.05) is 17.7 Å². The van der Waals surface area contributed by atoms with Crippen molar-refractivity contribution in [2.24, 2.45) is 0 Å². The quantitative estimate of drug-likeness (QED) is 0.840. The summed E-state index contributed by atoms with van der Waals surface area (Å²) in [5.41, 5.74) is 0.734. The minimum Gasteiger partial charge on any atom is -0.312 e. The Labute approximate surface area is 130 Å². The van der Waals surface area contributed by atoms with E-state index in [-0.39, 0.29) is 16.9 Å². The largest absolute Gasteiger partial charge is 0.312 e. The Bertz CT molecular complexity index is 636. The molecule has 120 valence electrons. The van der Waals surface area contributed by atoms with Gasteiger partial charge in [-0.25, -0.2) is 8.42 Å². The lowest BCUT2D eigenvalue weighted by Gasteiger charge is -2.16. The molecule has 0 bridgehead atoms. The number of benzene rings is 1. The molecule has 1 saturated carbocycles. The Balaban J connectivity index is 1.67. The van der Waals surface area contributed by atoms with Crippen molar-refractivity contribution in [1.29, 1.82) is 0 Å². The van der Waals surface area contributed by atoms with Crippen LogP contribution in [0.5, 0.6) is 0 Å². The van der Waals surface area contributed by atoms with Gasteiger partial charge < -0.3 is 4.90 Å². The second kappa shape index (κ2) is 6.36. The molecule has 0 aromatic heterocycles. The molecule has 0 spiro atoms. The van der Waals surface area contributed by atoms with Crippen LogP contribution in [-0.2, 0) is 19.7 Å². The molecule has 6 nitrogen and oxygen atoms in total. The number of sulfonamides is 1. The van der Waals surface area contributed by atoms with E-state index in [1.54, 1.807) is 17.0 Å². The highest BCUT2D eigenvalue weighted by Crippen LogP contribution is 2.24. The monoisotopic (exact) mass is 324 g/mol. The predicted molar refractivity (Wildman–Crippen MR) is 81.7 cm³/mol. The number of nitrogens with zero attached hydrogens (tertiary/aromatic N) is 1. The van der Waals surface area contributed by atoms with E-state index in [1.807, 2.05) is 0 Å². The Hall–Kier alpha value is -1.44. The molecule has 1 saturated heterocycles. The van der Waals surface area contributed by atoms with Crippen molar-refractivity contribution in [1.82, 2.24) is 4.89 Å². The van der Waals surface area contributed by atoms with Crippen LogP contribution in [0.25, 0.3) is 0 Å². The van der Waals surface area contributed by atoms with Crippen LogP contribution in [0.4, 0.5) is 5.69 Å². The lowest BCUT2D eigenvalue weighted by Crippen LogP contribution is -2.28. The minimum atomic E-state index is -3.68. The van der Waals surface area contributed by atoms with E-state index in [9.17, 15) is 13.2 Å². The molecule has 1 amide bonds. The van der Waals surface area contributed by atoms with Gasteiger partial charge in [-0.2, -0.15) is 0 Å². The van der Waals surface area contributed by atoms with Crippen LogP contribution in [-0.4, -0.2) is 27.0 Å². The first-order valence-corrected chi connectivity index (χ1v) is 9.12. The number of carbonyl (C=O) groups is 1. The first-order chi connectivity index (χ1) is 10.6. The van der Waals surface area contributed by atoms with Crippen LogP contribution in [0.3, 0.4) is 0 Å². The summed E-state index contributed by atoms with van der Waals surface area (Å²) in [6, 6.07) is 6.32. The normalized spacial score (nSPS) is 20.0. The van der Waals surface area contributed by atoms with E-state index >= 15 is 0 Å². The summed E-state index contributed by atoms with van der Waals surface area (Å²) in [6.07, 6.45) is 5.29. The molecule has 1 aromatic rings. The van der Waals surface area contributed by atoms with Crippen molar-refractivity contribution in [3.63, 3.8) is 0 Å². The highest BCUT2D eigenvalue weighted by atomic mass is 32.2. The number of amides is 1. The van der Waals surface area contributed by atoms with Gasteiger partial charge >= 0.3 is 0 Å². The molecule has 0 atom stereocenters. The number of rotatable bonds is 5. The zero-order valence-corrected chi connectivity index (χ0v) is 13.1. The number of hydrogen-bond acceptors (Lipinski definition) is 4. The summed E-state index contributed by atoms with van der Waals surface area (Å²) in [5, 5.41) is 0. The van der Waals surface area contributed by atoms with Crippen LogP contribution in [0.2, 0.25) is 0 Å². The second-order valence-corrected chi connectivity index (χ2v) is 7.40. The van der Waals surface area contributed by atoms with Crippen LogP contribution >= 0.6 is 0 Å². The van der Waals surface area contributed by atoms with Gasteiger partial charge in [-0.15, -0.1) is 0 Å². The summed E-state index contributed by atoms with van der Waals surface area (Å²) < 4.78 is 24.3. The SMILES string of the molecule is O=C1CCCN1c1ccc(S(=O)(=O)NOC2CCCC2)cc1. The van der Waals surface area contributed by atoms with Gasteiger partial charge in [-0.3, -0.25) is 9.63 Å². The fourth-order valence-corrected chi connectivity index (χ4v) is 3.77. The average Bonchev–Trinajstić information content (AvgIpc) is 3.17. The minimum absolute atomic E-state index is 0.0312. The second-order valence-electron chi connectivity index (χ2n) is 5.75. The Morgan fingerprint density at radius 2 is 1.77 bits per heavy atom. The molecule has 1 heterocycles. The molecule has 1 aliphatic heterocycles. The molecule has 7 heteroatoms. The molecule has 0 radical (unpaired) electrons. The molecular weight excluding hydrogens is 304 g/mol. The van der Waals surface area contributed by atoms with Gasteiger partial charge in [0, 0.05) is 18.7 Å². The van der Waals surface area contributed by atoms with Crippen molar-refractivity contribution in [3.8, 4) is 0 Å². The average molecular weight is 324 g/mol. The van der Waals surface area contributed by atoms with E-state index in [1.165, 1.54) is 12.1 Å². The van der Waals surface area contributed by atoms with Gasteiger partial charge in [0.05, 0.1) is 11.0 Å². The van der Waals surface area contributed by atoms with Gasteiger partial charge in [0.15, 0.2) is 0 Å². The first-order valence-electron chi connectivity index (χ1n) is 7.64. The summed E-state index contributed by atoms with van der Waals surface area (Å²) >= 11 is 0. The maximum atomic E-state index is 12.2. The molecule has 1 aliphatic carbocycles. The Morgan fingerprint density at radius 3 is 2.36 bits per heavy atom. The van der Waals surface area contributed by atoms with E-state index < -0.39 is 10.0 Å². The van der Waals surface area contributed by atoms with Crippen molar-refractivity contribution < 1.29 is 18.0 Å². The fourth-order valence-electron chi connectivity index (χ4n) is 2.91. The third-order valence-corrected chi connectivity index (χ3v) is 5.37. The Morgan fingerprint density at radius 1 is 1.09 bits per heavy atom. The predicted octanol–water partition coefficient (Wildman–Crippen LogP) is 1.97. The van der Waals surface area contributed by atoms with Crippen molar-refractivity contribution >= 4 is 21.6 Å². The van der Waals surface area contributed by atoms with Gasteiger partial charge in [0.25, 0.3) is 10.0 Å². The summed E-state index contributed by atoms with van der Waals surface area (Å²) in [6.45, 7) is 0.688. The zero-order valence-electron chi connectivity index (χ0n) is 12.3. The van der Waals surface area contributed by atoms with E-state index in [0.717, 1.165) is 37.8 Å². The third-order valence-electron chi connectivity index (χ3n) is 4.16. The summed E-state index contributed by atoms with van der Waals surface area (Å²) in [4.78, 5) is 21.0. The standard InChI is InChI=1S/C15H20N2O4S/c18-15-6-3-11-17(15)12-7-9-14(10-8-12)22(19,20)16-21-13-4-1-2-5-13/h7-10,13,16H,1-6,11H2. The fraction of sp³-hybridized carbons (Fsp3) is 0.533. The molecule has 2 aliphatic rings. The topological polar surface area (TPSA) is 75.7 Å². The van der Waals surface area contributed by atoms with Crippen molar-refractivity contribution in [2.75, 3.05) is 11.4 Å². The number of anilines is 1. The Kier molecular flexibility index (Phi) is 4.46. The highest BCUT2D eigenvalue weighted by molar-refractivity contribution is 7.89. The smallest absolute Gasteiger partial charge is 0.262 e. The zero-order chi connectivity index (χ0) is 15.6. The number of nitrogens with one attached hydrogen (secondary N) is 1. The summed E-state index contributed by atoms with van der Waals surface area (Å²) in [7, 11) is -3.68. The third kappa shape index (κ3) is 3.31. The van der Waals surface area contributed by atoms with E-state index in [4.69, 9.17) is 4.84 Å². The van der Waals surface area contributed by atoms with E-state index in [2.05, 4.69) is 4.89 Å². The van der Waals surface area contributed by atoms with Crippen molar-refractivity contribution in [2.45, 2.75) is 49.5 Å². The van der Waals surface area contributed by atoms with E-state index in [0.29, 0.717) is 13.0 Å². The van der Waals surface area contributed by atoms with Gasteiger partial charge in [-0.05, 0) is 43.5 Å². The maximum Gasteiger partial charge on any atom is 0.262 e. The van der Waals surface area contributed by atoms with Gasteiger partial charge in [0.2, 0.25) is 5.91 Å². The molecule has 1 aromatic carbocycles. The molecule has 3 rings (SSSR count). The molecular formula is C15H20N2O4S. The van der Waals surface area contributed by atoms with Gasteiger partial charge in [0.1, 0.15) is 0 Å². The first kappa shape index (κ1) is 15.5. The number of carbonyl (C=O) groups excluding carboxylic acids is 1.